The van der Waals surface area contributed by atoms with E-state index in [1.165, 1.54) is 12.5 Å². The summed E-state index contributed by atoms with van der Waals surface area (Å²) in [5, 5.41) is 22.8. The molecule has 28 heavy (non-hydrogen) atoms. The number of carboxylic acids is 2. The Hall–Kier alpha value is -2.09. The summed E-state index contributed by atoms with van der Waals surface area (Å²) in [5.41, 5.74) is 1.31. The van der Waals surface area contributed by atoms with Crippen LogP contribution in [0.1, 0.15) is 37.4 Å². The Labute approximate surface area is 173 Å². The van der Waals surface area contributed by atoms with Crippen LogP contribution in [0.3, 0.4) is 0 Å². The number of carbonyl (C=O) groups is 2. The van der Waals surface area contributed by atoms with Gasteiger partial charge in [-0.1, -0.05) is 43.1 Å². The molecule has 0 aliphatic heterocycles. The molecule has 2 unspecified atom stereocenters. The van der Waals surface area contributed by atoms with Gasteiger partial charge in [-0.15, -0.1) is 0 Å². The van der Waals surface area contributed by atoms with Crippen molar-refractivity contribution in [2.75, 3.05) is 6.54 Å². The number of nitrogens with zero attached hydrogens (tertiary/aromatic N) is 2. The molecule has 1 aromatic heterocycles. The van der Waals surface area contributed by atoms with Crippen molar-refractivity contribution < 1.29 is 19.8 Å². The lowest BCUT2D eigenvalue weighted by atomic mass is 10.0. The van der Waals surface area contributed by atoms with Crippen molar-refractivity contribution in [2.24, 2.45) is 5.92 Å². The van der Waals surface area contributed by atoms with Crippen molar-refractivity contribution in [2.45, 2.75) is 38.8 Å². The maximum atomic E-state index is 11.8. The largest absolute Gasteiger partial charge is 0.481 e. The maximum absolute atomic E-state index is 11.8. The summed E-state index contributed by atoms with van der Waals surface area (Å²) in [6.07, 6.45) is 3.43. The smallest absolute Gasteiger partial charge is 0.320 e. The zero-order valence-electron chi connectivity index (χ0n) is 15.6. The lowest BCUT2D eigenvalue weighted by Gasteiger charge is -2.20. The summed E-state index contributed by atoms with van der Waals surface area (Å²) in [6, 6.07) is 4.38. The zero-order chi connectivity index (χ0) is 20.8. The number of aromatic nitrogens is 2. The third-order valence-electron chi connectivity index (χ3n) is 4.31. The summed E-state index contributed by atoms with van der Waals surface area (Å²) < 4.78 is 1.71. The minimum atomic E-state index is -1.06. The van der Waals surface area contributed by atoms with Gasteiger partial charge in [0.15, 0.2) is 0 Å². The summed E-state index contributed by atoms with van der Waals surface area (Å²) >= 11 is 12.0. The highest BCUT2D eigenvalue weighted by Gasteiger charge is 2.27. The molecule has 0 saturated heterocycles. The van der Waals surface area contributed by atoms with Crippen LogP contribution in [-0.2, 0) is 16.1 Å². The molecule has 0 bridgehead atoms. The number of hydrogen-bond acceptors (Lipinski definition) is 4. The summed E-state index contributed by atoms with van der Waals surface area (Å²) in [6.45, 7) is 4.17. The topological polar surface area (TPSA) is 104 Å². The Morgan fingerprint density at radius 1 is 1.18 bits per heavy atom. The lowest BCUT2D eigenvalue weighted by Crippen LogP contribution is -2.41. The molecule has 2 aromatic rings. The van der Waals surface area contributed by atoms with E-state index in [1.54, 1.807) is 22.8 Å². The number of benzene rings is 1. The summed E-state index contributed by atoms with van der Waals surface area (Å²) in [5.74, 6) is -2.84. The van der Waals surface area contributed by atoms with Gasteiger partial charge in [-0.25, -0.2) is 4.98 Å². The van der Waals surface area contributed by atoms with Crippen LogP contribution in [0, 0.1) is 5.92 Å². The molecular formula is C19H23Cl2N3O4. The fourth-order valence-electron chi connectivity index (χ4n) is 2.91. The van der Waals surface area contributed by atoms with Gasteiger partial charge in [-0.05, 0) is 30.0 Å². The predicted octanol–water partition coefficient (Wildman–Crippen LogP) is 3.50. The predicted molar refractivity (Wildman–Crippen MR) is 107 cm³/mol. The monoisotopic (exact) mass is 427 g/mol. The van der Waals surface area contributed by atoms with Gasteiger partial charge in [0.05, 0.1) is 22.1 Å². The highest BCUT2D eigenvalue weighted by molar-refractivity contribution is 6.42. The third-order valence-corrected chi connectivity index (χ3v) is 5.05. The van der Waals surface area contributed by atoms with E-state index in [4.69, 9.17) is 23.2 Å². The molecule has 2 rings (SSSR count). The van der Waals surface area contributed by atoms with Crippen molar-refractivity contribution >= 4 is 35.1 Å². The van der Waals surface area contributed by atoms with E-state index in [2.05, 4.69) is 10.3 Å². The van der Waals surface area contributed by atoms with Gasteiger partial charge in [0.2, 0.25) is 0 Å². The fraction of sp³-hybridized carbons (Fsp3) is 0.421. The van der Waals surface area contributed by atoms with E-state index in [0.717, 1.165) is 5.56 Å². The highest BCUT2D eigenvalue weighted by atomic mass is 35.5. The molecule has 0 aliphatic rings. The van der Waals surface area contributed by atoms with Crippen LogP contribution in [0.15, 0.2) is 30.7 Å². The van der Waals surface area contributed by atoms with Crippen LogP contribution in [-0.4, -0.2) is 44.3 Å². The second-order valence-corrected chi connectivity index (χ2v) is 7.83. The molecule has 0 spiro atoms. The molecule has 0 fully saturated rings. The minimum Gasteiger partial charge on any atom is -0.481 e. The first-order valence-corrected chi connectivity index (χ1v) is 9.57. The third kappa shape index (κ3) is 5.95. The first kappa shape index (κ1) is 22.2. The average molecular weight is 428 g/mol. The van der Waals surface area contributed by atoms with Gasteiger partial charge >= 0.3 is 11.9 Å². The number of imidazole rings is 1. The molecule has 3 N–H and O–H groups in total. The zero-order valence-corrected chi connectivity index (χ0v) is 17.1. The van der Waals surface area contributed by atoms with Gasteiger partial charge in [0.1, 0.15) is 12.0 Å². The van der Waals surface area contributed by atoms with Gasteiger partial charge in [-0.2, -0.15) is 0 Å². The standard InChI is InChI=1S/C19H23Cl2N3O4/c1-11(2)5-16(19(27)28)23-7-13(18(25)26)17-8-22-10-24(17)9-12-3-4-14(20)15(21)6-12/h3-4,6,8,10-11,13,16,23H,5,7,9H2,1-2H3,(H,25,26)(H,27,28). The first-order chi connectivity index (χ1) is 13.2. The van der Waals surface area contributed by atoms with Crippen LogP contribution in [0.5, 0.6) is 0 Å². The van der Waals surface area contributed by atoms with Crippen molar-refractivity contribution in [1.82, 2.24) is 14.9 Å². The second-order valence-electron chi connectivity index (χ2n) is 7.01. The number of aliphatic carboxylic acids is 2. The van der Waals surface area contributed by atoms with Gasteiger partial charge in [0, 0.05) is 19.3 Å². The van der Waals surface area contributed by atoms with E-state index in [9.17, 15) is 19.8 Å². The van der Waals surface area contributed by atoms with Gasteiger partial charge in [-0.3, -0.25) is 9.59 Å². The van der Waals surface area contributed by atoms with Crippen LogP contribution in [0.2, 0.25) is 10.0 Å². The molecule has 9 heteroatoms. The molecule has 2 atom stereocenters. The average Bonchev–Trinajstić information content (AvgIpc) is 3.04. The van der Waals surface area contributed by atoms with E-state index in [-0.39, 0.29) is 12.5 Å². The number of nitrogens with one attached hydrogen (secondary N) is 1. The van der Waals surface area contributed by atoms with Crippen molar-refractivity contribution in [1.29, 1.82) is 0 Å². The van der Waals surface area contributed by atoms with E-state index >= 15 is 0 Å². The van der Waals surface area contributed by atoms with Crippen LogP contribution >= 0.6 is 23.2 Å². The van der Waals surface area contributed by atoms with Gasteiger partial charge in [0.25, 0.3) is 0 Å². The molecule has 0 aliphatic carbocycles. The number of rotatable bonds is 10. The molecule has 0 amide bonds. The lowest BCUT2D eigenvalue weighted by molar-refractivity contribution is -0.142. The highest BCUT2D eigenvalue weighted by Crippen LogP contribution is 2.24. The Balaban J connectivity index is 2.18. The molecule has 1 aromatic carbocycles. The number of carboxylic acid groups (broad SMARTS) is 2. The fourth-order valence-corrected chi connectivity index (χ4v) is 3.23. The molecule has 0 radical (unpaired) electrons. The quantitative estimate of drug-likeness (QED) is 0.535. The van der Waals surface area contributed by atoms with Crippen LogP contribution in [0.4, 0.5) is 0 Å². The van der Waals surface area contributed by atoms with E-state index < -0.39 is 23.9 Å². The molecule has 1 heterocycles. The van der Waals surface area contributed by atoms with Gasteiger partial charge < -0.3 is 20.1 Å². The van der Waals surface area contributed by atoms with Crippen LogP contribution in [0.25, 0.3) is 0 Å². The summed E-state index contributed by atoms with van der Waals surface area (Å²) in [7, 11) is 0. The van der Waals surface area contributed by atoms with Crippen molar-refractivity contribution in [3.05, 3.63) is 52.0 Å². The Bertz CT molecular complexity index is 838. The first-order valence-electron chi connectivity index (χ1n) is 8.82. The van der Waals surface area contributed by atoms with Crippen LogP contribution < -0.4 is 5.32 Å². The molecule has 152 valence electrons. The van der Waals surface area contributed by atoms with Crippen molar-refractivity contribution in [3.63, 3.8) is 0 Å². The number of hydrogen-bond donors (Lipinski definition) is 3. The maximum Gasteiger partial charge on any atom is 0.320 e. The number of halogens is 2. The van der Waals surface area contributed by atoms with E-state index in [0.29, 0.717) is 28.7 Å². The molecule has 0 saturated carbocycles. The molecular weight excluding hydrogens is 405 g/mol. The Morgan fingerprint density at radius 3 is 2.46 bits per heavy atom. The Kier molecular flexibility index (Phi) is 7.86. The Morgan fingerprint density at radius 2 is 1.89 bits per heavy atom. The molecule has 7 nitrogen and oxygen atoms in total. The SMILES string of the molecule is CC(C)CC(NCC(C(=O)O)c1cncn1Cc1ccc(Cl)c(Cl)c1)C(=O)O. The normalized spacial score (nSPS) is 13.5. The second kappa shape index (κ2) is 9.91. The van der Waals surface area contributed by atoms with Crippen molar-refractivity contribution in [3.8, 4) is 0 Å². The minimum absolute atomic E-state index is 0.0217. The van der Waals surface area contributed by atoms with E-state index in [1.807, 2.05) is 13.8 Å². The summed E-state index contributed by atoms with van der Waals surface area (Å²) in [4.78, 5) is 27.3.